The van der Waals surface area contributed by atoms with Crippen LogP contribution in [0.15, 0.2) is 47.6 Å². The number of hydrogen-bond donors (Lipinski definition) is 3. The number of carbonyl (C=O) groups is 2. The van der Waals surface area contributed by atoms with E-state index in [-0.39, 0.29) is 11.5 Å². The van der Waals surface area contributed by atoms with E-state index in [4.69, 9.17) is 4.74 Å². The standard InChI is InChI=1S/C17H17N3O4/c1-11-6-8-13(9-7-11)19-16(22)17(23)20-18-10-12-4-3-5-14(24-2)15(12)21/h3-10,21H,1-2H3,(H,19,22)(H,20,23)/b18-10+. The van der Waals surface area contributed by atoms with E-state index < -0.39 is 11.8 Å². The quantitative estimate of drug-likeness (QED) is 0.453. The molecule has 0 saturated heterocycles. The number of nitrogens with zero attached hydrogens (tertiary/aromatic N) is 1. The molecule has 0 spiro atoms. The van der Waals surface area contributed by atoms with Crippen molar-refractivity contribution in [1.82, 2.24) is 5.43 Å². The molecular weight excluding hydrogens is 310 g/mol. The van der Waals surface area contributed by atoms with Crippen LogP contribution in [0.25, 0.3) is 0 Å². The van der Waals surface area contributed by atoms with Crippen LogP contribution in [0.5, 0.6) is 11.5 Å². The molecule has 0 unspecified atom stereocenters. The molecule has 3 N–H and O–H groups in total. The minimum atomic E-state index is -0.922. The number of aryl methyl sites for hydroxylation is 1. The maximum absolute atomic E-state index is 11.7. The number of phenols is 1. The Hall–Kier alpha value is -3.35. The molecule has 124 valence electrons. The van der Waals surface area contributed by atoms with E-state index in [0.717, 1.165) is 5.56 Å². The first-order chi connectivity index (χ1) is 11.5. The zero-order valence-electron chi connectivity index (χ0n) is 13.2. The average Bonchev–Trinajstić information content (AvgIpc) is 2.58. The Morgan fingerprint density at radius 3 is 2.50 bits per heavy atom. The van der Waals surface area contributed by atoms with Crippen LogP contribution in [0.3, 0.4) is 0 Å². The van der Waals surface area contributed by atoms with Gasteiger partial charge in [-0.3, -0.25) is 9.59 Å². The first-order valence-corrected chi connectivity index (χ1v) is 7.08. The first kappa shape index (κ1) is 17.0. The smallest absolute Gasteiger partial charge is 0.329 e. The van der Waals surface area contributed by atoms with Crippen molar-refractivity contribution in [1.29, 1.82) is 0 Å². The number of anilines is 1. The molecule has 2 rings (SSSR count). The van der Waals surface area contributed by atoms with Gasteiger partial charge in [-0.2, -0.15) is 5.10 Å². The molecule has 7 heteroatoms. The third kappa shape index (κ3) is 4.33. The second-order valence-corrected chi connectivity index (χ2v) is 4.92. The molecule has 0 bridgehead atoms. The molecule has 0 aliphatic carbocycles. The molecule has 0 fully saturated rings. The Bertz CT molecular complexity index is 770. The Kier molecular flexibility index (Phi) is 5.51. The van der Waals surface area contributed by atoms with Crippen LogP contribution in [0.1, 0.15) is 11.1 Å². The van der Waals surface area contributed by atoms with Gasteiger partial charge in [-0.05, 0) is 31.2 Å². The fourth-order valence-corrected chi connectivity index (χ4v) is 1.84. The van der Waals surface area contributed by atoms with Gasteiger partial charge in [0.1, 0.15) is 0 Å². The molecule has 0 radical (unpaired) electrons. The number of rotatable bonds is 4. The lowest BCUT2D eigenvalue weighted by atomic mass is 10.2. The molecular formula is C17H17N3O4. The zero-order valence-corrected chi connectivity index (χ0v) is 13.2. The second-order valence-electron chi connectivity index (χ2n) is 4.92. The Labute approximate surface area is 139 Å². The summed E-state index contributed by atoms with van der Waals surface area (Å²) in [5.74, 6) is -1.59. The monoisotopic (exact) mass is 327 g/mol. The van der Waals surface area contributed by atoms with Crippen LogP contribution >= 0.6 is 0 Å². The topological polar surface area (TPSA) is 100 Å². The summed E-state index contributed by atoms with van der Waals surface area (Å²) in [4.78, 5) is 23.4. The minimum absolute atomic E-state index is 0.109. The minimum Gasteiger partial charge on any atom is -0.504 e. The maximum atomic E-state index is 11.7. The molecule has 7 nitrogen and oxygen atoms in total. The van der Waals surface area contributed by atoms with Crippen molar-refractivity contribution in [2.45, 2.75) is 6.92 Å². The van der Waals surface area contributed by atoms with Crippen LogP contribution in [-0.4, -0.2) is 30.2 Å². The van der Waals surface area contributed by atoms with Crippen molar-refractivity contribution in [3.63, 3.8) is 0 Å². The predicted octanol–water partition coefficient (Wildman–Crippen LogP) is 1.80. The van der Waals surface area contributed by atoms with E-state index in [1.807, 2.05) is 19.1 Å². The summed E-state index contributed by atoms with van der Waals surface area (Å²) >= 11 is 0. The molecule has 0 saturated carbocycles. The summed E-state index contributed by atoms with van der Waals surface area (Å²) in [6.07, 6.45) is 1.22. The number of phenolic OH excluding ortho intramolecular Hbond substituents is 1. The number of hydrogen-bond acceptors (Lipinski definition) is 5. The second kappa shape index (κ2) is 7.77. The molecule has 2 amide bonds. The van der Waals surface area contributed by atoms with Gasteiger partial charge < -0.3 is 15.2 Å². The summed E-state index contributed by atoms with van der Waals surface area (Å²) in [6, 6.07) is 11.8. The van der Waals surface area contributed by atoms with Crippen molar-refractivity contribution in [2.75, 3.05) is 12.4 Å². The van der Waals surface area contributed by atoms with Crippen molar-refractivity contribution >= 4 is 23.7 Å². The highest BCUT2D eigenvalue weighted by molar-refractivity contribution is 6.39. The van der Waals surface area contributed by atoms with Crippen molar-refractivity contribution in [2.24, 2.45) is 5.10 Å². The number of amides is 2. The first-order valence-electron chi connectivity index (χ1n) is 7.08. The van der Waals surface area contributed by atoms with Crippen molar-refractivity contribution in [3.8, 4) is 11.5 Å². The zero-order chi connectivity index (χ0) is 17.5. The number of carbonyl (C=O) groups excluding carboxylic acids is 2. The summed E-state index contributed by atoms with van der Waals surface area (Å²) in [5.41, 5.74) is 3.99. The largest absolute Gasteiger partial charge is 0.504 e. The number of nitrogens with one attached hydrogen (secondary N) is 2. The highest BCUT2D eigenvalue weighted by Crippen LogP contribution is 2.27. The van der Waals surface area contributed by atoms with E-state index in [1.165, 1.54) is 13.3 Å². The number of aromatic hydroxyl groups is 1. The lowest BCUT2D eigenvalue weighted by Gasteiger charge is -2.05. The van der Waals surface area contributed by atoms with Crippen molar-refractivity contribution in [3.05, 3.63) is 53.6 Å². The SMILES string of the molecule is COc1cccc(/C=N/NC(=O)C(=O)Nc2ccc(C)cc2)c1O. The number of benzene rings is 2. The molecule has 0 atom stereocenters. The number of para-hydroxylation sites is 1. The predicted molar refractivity (Wildman–Crippen MR) is 90.2 cm³/mol. The third-order valence-electron chi connectivity index (χ3n) is 3.14. The molecule has 0 aliphatic heterocycles. The summed E-state index contributed by atoms with van der Waals surface area (Å²) in [7, 11) is 1.42. The molecule has 2 aromatic rings. The summed E-state index contributed by atoms with van der Waals surface area (Å²) in [6.45, 7) is 1.92. The fourth-order valence-electron chi connectivity index (χ4n) is 1.84. The lowest BCUT2D eigenvalue weighted by molar-refractivity contribution is -0.136. The molecule has 0 aromatic heterocycles. The van der Waals surface area contributed by atoms with Crippen LogP contribution in [-0.2, 0) is 9.59 Å². The lowest BCUT2D eigenvalue weighted by Crippen LogP contribution is -2.32. The van der Waals surface area contributed by atoms with Gasteiger partial charge in [0.15, 0.2) is 11.5 Å². The van der Waals surface area contributed by atoms with Crippen LogP contribution in [0.2, 0.25) is 0 Å². The van der Waals surface area contributed by atoms with E-state index in [1.54, 1.807) is 30.3 Å². The van der Waals surface area contributed by atoms with Gasteiger partial charge in [0.05, 0.1) is 13.3 Å². The molecule has 0 heterocycles. The van der Waals surface area contributed by atoms with E-state index >= 15 is 0 Å². The Morgan fingerprint density at radius 2 is 1.83 bits per heavy atom. The van der Waals surface area contributed by atoms with Crippen LogP contribution in [0.4, 0.5) is 5.69 Å². The van der Waals surface area contributed by atoms with Gasteiger partial charge >= 0.3 is 11.8 Å². The van der Waals surface area contributed by atoms with Gasteiger partial charge in [-0.1, -0.05) is 23.8 Å². The third-order valence-corrected chi connectivity index (χ3v) is 3.14. The molecule has 0 aliphatic rings. The van der Waals surface area contributed by atoms with E-state index in [2.05, 4.69) is 15.8 Å². The maximum Gasteiger partial charge on any atom is 0.329 e. The Morgan fingerprint density at radius 1 is 1.12 bits per heavy atom. The Balaban J connectivity index is 1.95. The van der Waals surface area contributed by atoms with E-state index in [0.29, 0.717) is 11.3 Å². The highest BCUT2D eigenvalue weighted by atomic mass is 16.5. The highest BCUT2D eigenvalue weighted by Gasteiger charge is 2.13. The van der Waals surface area contributed by atoms with Gasteiger partial charge in [0.2, 0.25) is 0 Å². The number of hydrazone groups is 1. The van der Waals surface area contributed by atoms with Gasteiger partial charge in [-0.15, -0.1) is 0 Å². The molecule has 24 heavy (non-hydrogen) atoms. The summed E-state index contributed by atoms with van der Waals surface area (Å²) in [5, 5.41) is 16.0. The molecule has 2 aromatic carbocycles. The van der Waals surface area contributed by atoms with Crippen molar-refractivity contribution < 1.29 is 19.4 Å². The normalized spacial score (nSPS) is 10.4. The van der Waals surface area contributed by atoms with Gasteiger partial charge in [0, 0.05) is 11.3 Å². The summed E-state index contributed by atoms with van der Waals surface area (Å²) < 4.78 is 4.96. The van der Waals surface area contributed by atoms with E-state index in [9.17, 15) is 14.7 Å². The average molecular weight is 327 g/mol. The van der Waals surface area contributed by atoms with Crippen LogP contribution in [0, 0.1) is 6.92 Å². The van der Waals surface area contributed by atoms with Gasteiger partial charge in [0.25, 0.3) is 0 Å². The van der Waals surface area contributed by atoms with Crippen LogP contribution < -0.4 is 15.5 Å². The fraction of sp³-hybridized carbons (Fsp3) is 0.118. The number of ether oxygens (including phenoxy) is 1. The number of methoxy groups -OCH3 is 1. The van der Waals surface area contributed by atoms with Gasteiger partial charge in [-0.25, -0.2) is 5.43 Å².